The van der Waals surface area contributed by atoms with Gasteiger partial charge < -0.3 is 15.1 Å². The second-order valence-electron chi connectivity index (χ2n) is 6.76. The number of carbonyl (C=O) groups excluding carboxylic acids is 1. The molecule has 0 atom stereocenters. The number of aryl methyl sites for hydroxylation is 1. The zero-order valence-electron chi connectivity index (χ0n) is 16.0. The Bertz CT molecular complexity index is 1010. The summed E-state index contributed by atoms with van der Waals surface area (Å²) in [6.07, 6.45) is 1.76. The van der Waals surface area contributed by atoms with E-state index in [-0.39, 0.29) is 11.7 Å². The highest BCUT2D eigenvalue weighted by atomic mass is 19.1. The van der Waals surface area contributed by atoms with Crippen molar-refractivity contribution in [1.29, 1.82) is 0 Å². The molecule has 8 heteroatoms. The number of hydrogen-bond donors (Lipinski definition) is 1. The van der Waals surface area contributed by atoms with Crippen molar-refractivity contribution < 1.29 is 9.18 Å². The number of piperazine rings is 1. The van der Waals surface area contributed by atoms with Gasteiger partial charge in [-0.15, -0.1) is 0 Å². The van der Waals surface area contributed by atoms with Crippen LogP contribution >= 0.6 is 0 Å². The lowest BCUT2D eigenvalue weighted by Gasteiger charge is -2.35. The van der Waals surface area contributed by atoms with E-state index in [1.165, 1.54) is 6.07 Å². The Balaban J connectivity index is 1.46. The smallest absolute Gasteiger partial charge is 0.272 e. The molecule has 7 nitrogen and oxygen atoms in total. The lowest BCUT2D eigenvalue weighted by molar-refractivity contribution is 0.0740. The van der Waals surface area contributed by atoms with Gasteiger partial charge in [0, 0.05) is 38.4 Å². The number of para-hydroxylation sites is 1. The van der Waals surface area contributed by atoms with Crippen molar-refractivity contribution in [2.24, 2.45) is 0 Å². The summed E-state index contributed by atoms with van der Waals surface area (Å²) in [5.74, 6) is 1.20. The predicted octanol–water partition coefficient (Wildman–Crippen LogP) is 3.03. The summed E-state index contributed by atoms with van der Waals surface area (Å²) in [4.78, 5) is 29.8. The van der Waals surface area contributed by atoms with Gasteiger partial charge in [0.2, 0.25) is 0 Å². The van der Waals surface area contributed by atoms with Gasteiger partial charge in [0.15, 0.2) is 0 Å². The first-order valence-electron chi connectivity index (χ1n) is 9.42. The van der Waals surface area contributed by atoms with E-state index in [0.717, 1.165) is 5.82 Å². The number of anilines is 3. The van der Waals surface area contributed by atoms with E-state index in [2.05, 4.69) is 25.2 Å². The summed E-state index contributed by atoms with van der Waals surface area (Å²) in [5, 5.41) is 2.93. The molecule has 0 unspecified atom stereocenters. The molecule has 0 radical (unpaired) electrons. The maximum Gasteiger partial charge on any atom is 0.272 e. The quantitative estimate of drug-likeness (QED) is 0.736. The van der Waals surface area contributed by atoms with Crippen LogP contribution in [0.25, 0.3) is 0 Å². The third-order valence-electron chi connectivity index (χ3n) is 4.73. The van der Waals surface area contributed by atoms with E-state index in [1.807, 2.05) is 18.2 Å². The minimum absolute atomic E-state index is 0.159. The zero-order chi connectivity index (χ0) is 20.2. The molecule has 29 heavy (non-hydrogen) atoms. The Labute approximate surface area is 168 Å². The van der Waals surface area contributed by atoms with Gasteiger partial charge in [-0.3, -0.25) is 4.79 Å². The molecule has 1 amide bonds. The van der Waals surface area contributed by atoms with Crippen LogP contribution in [0.5, 0.6) is 0 Å². The molecule has 1 aliphatic heterocycles. The lowest BCUT2D eigenvalue weighted by atomic mass is 10.2. The molecule has 0 aliphatic carbocycles. The number of carbonyl (C=O) groups is 1. The third kappa shape index (κ3) is 4.31. The second kappa shape index (κ2) is 8.22. The Morgan fingerprint density at radius 1 is 1.03 bits per heavy atom. The number of aromatic nitrogens is 3. The molecule has 4 rings (SSSR count). The molecule has 1 fully saturated rings. The lowest BCUT2D eigenvalue weighted by Crippen LogP contribution is -2.49. The SMILES string of the molecule is Cc1nc(Nc2ccccc2F)cc(C(=O)N2CCN(c3ccccn3)CC2)n1. The van der Waals surface area contributed by atoms with E-state index in [4.69, 9.17) is 0 Å². The zero-order valence-corrected chi connectivity index (χ0v) is 16.0. The number of rotatable bonds is 4. The fourth-order valence-electron chi connectivity index (χ4n) is 3.28. The molecular formula is C21H21FN6O. The largest absolute Gasteiger partial charge is 0.353 e. The molecule has 1 N–H and O–H groups in total. The standard InChI is InChI=1S/C21H21FN6O/c1-15-24-18(14-19(25-15)26-17-7-3-2-6-16(17)22)21(29)28-12-10-27(11-13-28)20-8-4-5-9-23-20/h2-9,14H,10-13H2,1H3,(H,24,25,26). The van der Waals surface area contributed by atoms with Crippen molar-refractivity contribution in [2.75, 3.05) is 36.4 Å². The summed E-state index contributed by atoms with van der Waals surface area (Å²) < 4.78 is 13.9. The molecule has 0 spiro atoms. The first-order valence-corrected chi connectivity index (χ1v) is 9.42. The Morgan fingerprint density at radius 2 is 1.79 bits per heavy atom. The maximum atomic E-state index is 13.9. The number of amides is 1. The molecule has 1 aromatic carbocycles. The van der Waals surface area contributed by atoms with Gasteiger partial charge in [0.25, 0.3) is 5.91 Å². The number of benzene rings is 1. The summed E-state index contributed by atoms with van der Waals surface area (Å²) >= 11 is 0. The molecule has 3 aromatic rings. The van der Waals surface area contributed by atoms with Crippen LogP contribution in [0.4, 0.5) is 21.7 Å². The fraction of sp³-hybridized carbons (Fsp3) is 0.238. The fourth-order valence-corrected chi connectivity index (χ4v) is 3.28. The van der Waals surface area contributed by atoms with Crippen molar-refractivity contribution in [3.05, 3.63) is 72.1 Å². The van der Waals surface area contributed by atoms with Crippen LogP contribution in [0.3, 0.4) is 0 Å². The maximum absolute atomic E-state index is 13.9. The summed E-state index contributed by atoms with van der Waals surface area (Å²) in [6, 6.07) is 13.7. The van der Waals surface area contributed by atoms with Crippen LogP contribution < -0.4 is 10.2 Å². The van der Waals surface area contributed by atoms with Crippen molar-refractivity contribution in [1.82, 2.24) is 19.9 Å². The van der Waals surface area contributed by atoms with Crippen molar-refractivity contribution in [3.8, 4) is 0 Å². The highest BCUT2D eigenvalue weighted by Gasteiger charge is 2.24. The summed E-state index contributed by atoms with van der Waals surface area (Å²) in [7, 11) is 0. The topological polar surface area (TPSA) is 74.2 Å². The molecule has 1 saturated heterocycles. The van der Waals surface area contributed by atoms with Gasteiger partial charge in [-0.1, -0.05) is 18.2 Å². The highest BCUT2D eigenvalue weighted by Crippen LogP contribution is 2.20. The average Bonchev–Trinajstić information content (AvgIpc) is 2.75. The van der Waals surface area contributed by atoms with Crippen molar-refractivity contribution >= 4 is 23.2 Å². The van der Waals surface area contributed by atoms with E-state index in [9.17, 15) is 9.18 Å². The van der Waals surface area contributed by atoms with Crippen molar-refractivity contribution in [3.63, 3.8) is 0 Å². The van der Waals surface area contributed by atoms with E-state index < -0.39 is 0 Å². The van der Waals surface area contributed by atoms with E-state index in [1.54, 1.807) is 42.3 Å². The van der Waals surface area contributed by atoms with Gasteiger partial charge in [-0.05, 0) is 31.2 Å². The minimum Gasteiger partial charge on any atom is -0.353 e. The molecule has 0 saturated carbocycles. The molecule has 3 heterocycles. The average molecular weight is 392 g/mol. The van der Waals surface area contributed by atoms with Crippen LogP contribution in [0.1, 0.15) is 16.3 Å². The van der Waals surface area contributed by atoms with Crippen LogP contribution in [-0.4, -0.2) is 51.9 Å². The summed E-state index contributed by atoms with van der Waals surface area (Å²) in [6.45, 7) is 4.27. The van der Waals surface area contributed by atoms with Gasteiger partial charge in [-0.25, -0.2) is 19.3 Å². The number of halogens is 1. The van der Waals surface area contributed by atoms with E-state index in [0.29, 0.717) is 49.2 Å². The highest BCUT2D eigenvalue weighted by molar-refractivity contribution is 5.93. The molecule has 148 valence electrons. The van der Waals surface area contributed by atoms with Crippen LogP contribution in [0.2, 0.25) is 0 Å². The number of hydrogen-bond acceptors (Lipinski definition) is 6. The molecular weight excluding hydrogens is 371 g/mol. The second-order valence-corrected chi connectivity index (χ2v) is 6.76. The normalized spacial score (nSPS) is 14.0. The van der Waals surface area contributed by atoms with Gasteiger partial charge in [0.05, 0.1) is 5.69 Å². The number of pyridine rings is 1. The monoisotopic (exact) mass is 392 g/mol. The Morgan fingerprint density at radius 3 is 2.52 bits per heavy atom. The third-order valence-corrected chi connectivity index (χ3v) is 4.73. The number of nitrogens with zero attached hydrogens (tertiary/aromatic N) is 5. The van der Waals surface area contributed by atoms with Crippen LogP contribution in [-0.2, 0) is 0 Å². The summed E-state index contributed by atoms with van der Waals surface area (Å²) in [5.41, 5.74) is 0.593. The van der Waals surface area contributed by atoms with Crippen LogP contribution in [0, 0.1) is 12.7 Å². The Hall–Kier alpha value is -3.55. The molecule has 1 aliphatic rings. The van der Waals surface area contributed by atoms with Crippen LogP contribution in [0.15, 0.2) is 54.7 Å². The Kier molecular flexibility index (Phi) is 5.33. The van der Waals surface area contributed by atoms with Gasteiger partial charge >= 0.3 is 0 Å². The molecule has 2 aromatic heterocycles. The van der Waals surface area contributed by atoms with Gasteiger partial charge in [-0.2, -0.15) is 0 Å². The first-order chi connectivity index (χ1) is 14.1. The minimum atomic E-state index is -0.387. The number of nitrogens with one attached hydrogen (secondary N) is 1. The van der Waals surface area contributed by atoms with Gasteiger partial charge in [0.1, 0.15) is 29.0 Å². The first kappa shape index (κ1) is 18.8. The molecule has 0 bridgehead atoms. The van der Waals surface area contributed by atoms with Crippen molar-refractivity contribution in [2.45, 2.75) is 6.92 Å². The predicted molar refractivity (Wildman–Crippen MR) is 109 cm³/mol. The van der Waals surface area contributed by atoms with E-state index >= 15 is 0 Å².